The molecule has 0 heterocycles. The van der Waals surface area contributed by atoms with Crippen LogP contribution in [0.1, 0.15) is 142 Å². The molecule has 29 heavy (non-hydrogen) atoms. The topological polar surface area (TPSA) is 74.6 Å². The van der Waals surface area contributed by atoms with Gasteiger partial charge in [-0.3, -0.25) is 4.55 Å². The monoisotopic (exact) mass is 434 g/mol. The zero-order valence-electron chi connectivity index (χ0n) is 19.4. The molecule has 0 aromatic heterocycles. The Morgan fingerprint density at radius 1 is 0.552 bits per heavy atom. The van der Waals surface area contributed by atoms with Crippen LogP contribution in [0.3, 0.4) is 0 Å². The highest BCUT2D eigenvalue weighted by molar-refractivity contribution is 7.86. The highest BCUT2D eigenvalue weighted by atomic mass is 32.2. The Morgan fingerprint density at radius 3 is 1.24 bits per heavy atom. The zero-order chi connectivity index (χ0) is 21.8. The lowest BCUT2D eigenvalue weighted by atomic mass is 10.0. The van der Waals surface area contributed by atoms with E-state index in [-0.39, 0.29) is 6.10 Å². The average Bonchev–Trinajstić information content (AvgIpc) is 2.66. The Bertz CT molecular complexity index is 436. The summed E-state index contributed by atoms with van der Waals surface area (Å²) in [6.07, 6.45) is 21.5. The molecule has 0 amide bonds. The van der Waals surface area contributed by atoms with Crippen molar-refractivity contribution in [2.45, 2.75) is 154 Å². The van der Waals surface area contributed by atoms with Crippen molar-refractivity contribution in [3.8, 4) is 0 Å². The number of aliphatic hydroxyl groups is 1. The molecule has 5 heteroatoms. The van der Waals surface area contributed by atoms with Gasteiger partial charge in [0.15, 0.2) is 0 Å². The molecule has 0 aliphatic carbocycles. The summed E-state index contributed by atoms with van der Waals surface area (Å²) in [5, 5.41) is 9.35. The summed E-state index contributed by atoms with van der Waals surface area (Å²) < 4.78 is 32.3. The second-order valence-corrected chi connectivity index (χ2v) is 10.6. The molecule has 0 bridgehead atoms. The molecule has 4 nitrogen and oxygen atoms in total. The van der Waals surface area contributed by atoms with E-state index in [9.17, 15) is 18.1 Å². The lowest BCUT2D eigenvalue weighted by molar-refractivity contribution is 0.147. The maximum Gasteiger partial charge on any atom is 0.267 e. The van der Waals surface area contributed by atoms with Gasteiger partial charge in [0, 0.05) is 0 Å². The van der Waals surface area contributed by atoms with Crippen molar-refractivity contribution < 1.29 is 18.1 Å². The maximum absolute atomic E-state index is 11.5. The molecular weight excluding hydrogens is 384 g/mol. The van der Waals surface area contributed by atoms with Crippen LogP contribution in [0, 0.1) is 0 Å². The van der Waals surface area contributed by atoms with Gasteiger partial charge < -0.3 is 5.11 Å². The third-order valence-electron chi connectivity index (χ3n) is 6.01. The molecule has 176 valence electrons. The van der Waals surface area contributed by atoms with Gasteiger partial charge in [0.1, 0.15) is 0 Å². The van der Waals surface area contributed by atoms with Crippen LogP contribution >= 0.6 is 0 Å². The van der Waals surface area contributed by atoms with Crippen molar-refractivity contribution in [2.24, 2.45) is 0 Å². The normalized spacial score (nSPS) is 14.2. The molecule has 0 aliphatic rings. The zero-order valence-corrected chi connectivity index (χ0v) is 20.2. The van der Waals surface area contributed by atoms with Crippen molar-refractivity contribution in [3.63, 3.8) is 0 Å². The van der Waals surface area contributed by atoms with Crippen LogP contribution in [-0.2, 0) is 10.1 Å². The molecule has 0 radical (unpaired) electrons. The van der Waals surface area contributed by atoms with E-state index in [0.29, 0.717) is 12.8 Å². The molecule has 0 rings (SSSR count). The predicted octanol–water partition coefficient (Wildman–Crippen LogP) is 7.45. The van der Waals surface area contributed by atoms with Gasteiger partial charge in [0.25, 0.3) is 10.1 Å². The smallest absolute Gasteiger partial charge is 0.267 e. The van der Waals surface area contributed by atoms with Crippen LogP contribution < -0.4 is 0 Å². The minimum atomic E-state index is -3.89. The van der Waals surface area contributed by atoms with E-state index in [1.807, 2.05) is 0 Å². The molecule has 0 spiro atoms. The van der Waals surface area contributed by atoms with Crippen LogP contribution in [0.25, 0.3) is 0 Å². The molecular formula is C24H50O4S. The molecule has 2 N–H and O–H groups in total. The van der Waals surface area contributed by atoms with E-state index in [0.717, 1.165) is 64.2 Å². The molecule has 2 atom stereocenters. The van der Waals surface area contributed by atoms with Crippen LogP contribution in [0.4, 0.5) is 0 Å². The summed E-state index contributed by atoms with van der Waals surface area (Å²) in [6, 6.07) is 0. The first kappa shape index (κ1) is 28.9. The fourth-order valence-corrected chi connectivity index (χ4v) is 4.93. The number of unbranched alkanes of at least 4 members (excludes halogenated alkanes) is 13. The van der Waals surface area contributed by atoms with E-state index in [1.54, 1.807) is 0 Å². The molecule has 0 aromatic rings. The van der Waals surface area contributed by atoms with Gasteiger partial charge in [-0.15, -0.1) is 0 Å². The molecule has 0 aliphatic heterocycles. The highest BCUT2D eigenvalue weighted by Crippen LogP contribution is 2.19. The van der Waals surface area contributed by atoms with E-state index in [1.165, 1.54) is 51.4 Å². The highest BCUT2D eigenvalue weighted by Gasteiger charge is 2.21. The average molecular weight is 435 g/mol. The standard InChI is InChI=1S/C24H50O4S/c1-3-5-15-19-23(25)20-17-13-11-9-7-8-10-12-14-18-22-24(29(26,27)28)21-16-6-4-2/h23-25H,3-22H2,1-2H3,(H,26,27,28). The van der Waals surface area contributed by atoms with Gasteiger partial charge >= 0.3 is 0 Å². The fraction of sp³-hybridized carbons (Fsp3) is 1.00. The van der Waals surface area contributed by atoms with Gasteiger partial charge in [-0.05, 0) is 25.7 Å². The van der Waals surface area contributed by atoms with Crippen molar-refractivity contribution in [3.05, 3.63) is 0 Å². The fourth-order valence-electron chi connectivity index (χ4n) is 4.00. The van der Waals surface area contributed by atoms with Gasteiger partial charge in [-0.2, -0.15) is 8.42 Å². The van der Waals surface area contributed by atoms with E-state index in [2.05, 4.69) is 13.8 Å². The Hall–Kier alpha value is -0.130. The molecule has 0 saturated carbocycles. The van der Waals surface area contributed by atoms with Crippen LogP contribution in [0.5, 0.6) is 0 Å². The minimum Gasteiger partial charge on any atom is -0.393 e. The van der Waals surface area contributed by atoms with Crippen molar-refractivity contribution in [1.29, 1.82) is 0 Å². The quantitative estimate of drug-likeness (QED) is 0.137. The van der Waals surface area contributed by atoms with Crippen molar-refractivity contribution in [2.75, 3.05) is 0 Å². The molecule has 2 unspecified atom stereocenters. The summed E-state index contributed by atoms with van der Waals surface area (Å²) in [5.41, 5.74) is 0. The van der Waals surface area contributed by atoms with Gasteiger partial charge in [0.05, 0.1) is 11.4 Å². The van der Waals surface area contributed by atoms with E-state index in [4.69, 9.17) is 0 Å². The third-order valence-corrected chi connectivity index (χ3v) is 7.32. The van der Waals surface area contributed by atoms with Crippen LogP contribution in [-0.4, -0.2) is 29.4 Å². The van der Waals surface area contributed by atoms with Gasteiger partial charge in [0.2, 0.25) is 0 Å². The summed E-state index contributed by atoms with van der Waals surface area (Å²) in [4.78, 5) is 0. The van der Waals surface area contributed by atoms with Crippen molar-refractivity contribution in [1.82, 2.24) is 0 Å². The Balaban J connectivity index is 3.47. The summed E-state index contributed by atoms with van der Waals surface area (Å²) >= 11 is 0. The number of aliphatic hydroxyl groups excluding tert-OH is 1. The largest absolute Gasteiger partial charge is 0.393 e. The summed E-state index contributed by atoms with van der Waals surface area (Å²) in [7, 11) is -3.89. The number of rotatable bonds is 22. The minimum absolute atomic E-state index is 0.0892. The number of hydrogen-bond donors (Lipinski definition) is 2. The summed E-state index contributed by atoms with van der Waals surface area (Å²) in [6.45, 7) is 4.30. The second-order valence-electron chi connectivity index (χ2n) is 8.90. The predicted molar refractivity (Wildman–Crippen MR) is 125 cm³/mol. The van der Waals surface area contributed by atoms with Crippen molar-refractivity contribution >= 4 is 10.1 Å². The SMILES string of the molecule is CCCCCC(O)CCCCCCCCCCCCC(CCCCC)S(=O)(=O)O. The lowest BCUT2D eigenvalue weighted by Gasteiger charge is -2.13. The first-order valence-corrected chi connectivity index (χ1v) is 14.1. The van der Waals surface area contributed by atoms with E-state index >= 15 is 0 Å². The Morgan fingerprint density at radius 2 is 0.862 bits per heavy atom. The first-order chi connectivity index (χ1) is 13.9. The lowest BCUT2D eigenvalue weighted by Crippen LogP contribution is -2.20. The molecule has 0 fully saturated rings. The second kappa shape index (κ2) is 19.8. The Kier molecular flexibility index (Phi) is 19.7. The van der Waals surface area contributed by atoms with Crippen LogP contribution in [0.2, 0.25) is 0 Å². The maximum atomic E-state index is 11.5. The Labute approximate surface area is 182 Å². The first-order valence-electron chi connectivity index (χ1n) is 12.6. The molecule has 0 aromatic carbocycles. The van der Waals surface area contributed by atoms with Gasteiger partial charge in [-0.1, -0.05) is 117 Å². The van der Waals surface area contributed by atoms with Crippen LogP contribution in [0.15, 0.2) is 0 Å². The molecule has 0 saturated heterocycles. The van der Waals surface area contributed by atoms with Gasteiger partial charge in [-0.25, -0.2) is 0 Å². The number of hydrogen-bond acceptors (Lipinski definition) is 3. The summed E-state index contributed by atoms with van der Waals surface area (Å²) in [5.74, 6) is 0. The van der Waals surface area contributed by atoms with E-state index < -0.39 is 15.4 Å². The third kappa shape index (κ3) is 19.6.